The molecule has 0 aliphatic carbocycles. The Morgan fingerprint density at radius 1 is 0.947 bits per heavy atom. The van der Waals surface area contributed by atoms with E-state index in [-0.39, 0.29) is 16.3 Å². The third kappa shape index (κ3) is 3.06. The van der Waals surface area contributed by atoms with E-state index in [0.29, 0.717) is 0 Å². The molecule has 0 fully saturated rings. The molecule has 0 aromatic heterocycles. The first-order chi connectivity index (χ1) is 8.97. The SMILES string of the molecule is O=C(Nc1ccc(F)c(Cl)c1)c1ccc(F)c(F)c1. The molecule has 2 aromatic carbocycles. The van der Waals surface area contributed by atoms with Crippen molar-refractivity contribution in [3.8, 4) is 0 Å². The molecular weight excluding hydrogens is 279 g/mol. The van der Waals surface area contributed by atoms with Gasteiger partial charge in [-0.3, -0.25) is 4.79 Å². The van der Waals surface area contributed by atoms with E-state index in [1.165, 1.54) is 12.1 Å². The van der Waals surface area contributed by atoms with Gasteiger partial charge < -0.3 is 5.32 Å². The van der Waals surface area contributed by atoms with Crippen molar-refractivity contribution in [3.63, 3.8) is 0 Å². The van der Waals surface area contributed by atoms with Crippen molar-refractivity contribution in [1.82, 2.24) is 0 Å². The molecule has 0 aliphatic heterocycles. The minimum absolute atomic E-state index is 0.0562. The van der Waals surface area contributed by atoms with E-state index >= 15 is 0 Å². The number of nitrogens with one attached hydrogen (secondary N) is 1. The minimum Gasteiger partial charge on any atom is -0.322 e. The van der Waals surface area contributed by atoms with Gasteiger partial charge in [0.1, 0.15) is 5.82 Å². The lowest BCUT2D eigenvalue weighted by Gasteiger charge is -2.06. The number of hydrogen-bond acceptors (Lipinski definition) is 1. The van der Waals surface area contributed by atoms with Gasteiger partial charge in [-0.15, -0.1) is 0 Å². The highest BCUT2D eigenvalue weighted by molar-refractivity contribution is 6.31. The van der Waals surface area contributed by atoms with E-state index < -0.39 is 23.4 Å². The number of halogens is 4. The van der Waals surface area contributed by atoms with Crippen molar-refractivity contribution < 1.29 is 18.0 Å². The fourth-order valence-corrected chi connectivity index (χ4v) is 1.60. The monoisotopic (exact) mass is 285 g/mol. The molecule has 19 heavy (non-hydrogen) atoms. The van der Waals surface area contributed by atoms with E-state index in [0.717, 1.165) is 24.3 Å². The topological polar surface area (TPSA) is 29.1 Å². The number of benzene rings is 2. The normalized spacial score (nSPS) is 10.3. The molecular formula is C13H7ClF3NO. The van der Waals surface area contributed by atoms with Crippen LogP contribution in [0.25, 0.3) is 0 Å². The first-order valence-electron chi connectivity index (χ1n) is 5.19. The molecule has 0 atom stereocenters. The van der Waals surface area contributed by atoms with Crippen LogP contribution in [0.5, 0.6) is 0 Å². The summed E-state index contributed by atoms with van der Waals surface area (Å²) in [6.07, 6.45) is 0. The van der Waals surface area contributed by atoms with Crippen LogP contribution in [-0.2, 0) is 0 Å². The maximum absolute atomic E-state index is 13.0. The van der Waals surface area contributed by atoms with Crippen molar-refractivity contribution in [2.24, 2.45) is 0 Å². The van der Waals surface area contributed by atoms with Gasteiger partial charge in [0, 0.05) is 11.3 Å². The Morgan fingerprint density at radius 2 is 1.63 bits per heavy atom. The maximum Gasteiger partial charge on any atom is 0.255 e. The Kier molecular flexibility index (Phi) is 3.76. The van der Waals surface area contributed by atoms with Gasteiger partial charge in [0.05, 0.1) is 5.02 Å². The second kappa shape index (κ2) is 5.32. The van der Waals surface area contributed by atoms with Crippen LogP contribution < -0.4 is 5.32 Å². The summed E-state index contributed by atoms with van der Waals surface area (Å²) in [5, 5.41) is 2.24. The first kappa shape index (κ1) is 13.4. The van der Waals surface area contributed by atoms with Crippen LogP contribution >= 0.6 is 11.6 Å². The van der Waals surface area contributed by atoms with Crippen LogP contribution in [0.3, 0.4) is 0 Å². The zero-order valence-corrected chi connectivity index (χ0v) is 10.1. The van der Waals surface area contributed by atoms with Gasteiger partial charge in [0.25, 0.3) is 5.91 Å². The maximum atomic E-state index is 13.0. The van der Waals surface area contributed by atoms with Crippen molar-refractivity contribution in [1.29, 1.82) is 0 Å². The molecule has 0 saturated heterocycles. The van der Waals surface area contributed by atoms with Gasteiger partial charge in [-0.1, -0.05) is 11.6 Å². The third-order valence-electron chi connectivity index (χ3n) is 2.36. The van der Waals surface area contributed by atoms with Gasteiger partial charge in [0.2, 0.25) is 0 Å². The molecule has 0 heterocycles. The van der Waals surface area contributed by atoms with E-state index in [1.54, 1.807) is 0 Å². The second-order valence-corrected chi connectivity index (χ2v) is 4.12. The lowest BCUT2D eigenvalue weighted by atomic mass is 10.2. The zero-order chi connectivity index (χ0) is 14.0. The highest BCUT2D eigenvalue weighted by atomic mass is 35.5. The quantitative estimate of drug-likeness (QED) is 0.887. The lowest BCUT2D eigenvalue weighted by molar-refractivity contribution is 0.102. The van der Waals surface area contributed by atoms with E-state index in [4.69, 9.17) is 11.6 Å². The summed E-state index contributed by atoms with van der Waals surface area (Å²) < 4.78 is 38.6. The number of carbonyl (C=O) groups is 1. The molecule has 0 spiro atoms. The van der Waals surface area contributed by atoms with Crippen LogP contribution in [0.4, 0.5) is 18.9 Å². The van der Waals surface area contributed by atoms with Gasteiger partial charge in [-0.2, -0.15) is 0 Å². The lowest BCUT2D eigenvalue weighted by Crippen LogP contribution is -2.12. The van der Waals surface area contributed by atoms with Crippen LogP contribution in [0.1, 0.15) is 10.4 Å². The van der Waals surface area contributed by atoms with E-state index in [1.807, 2.05) is 0 Å². The van der Waals surface area contributed by atoms with E-state index in [2.05, 4.69) is 5.32 Å². The summed E-state index contributed by atoms with van der Waals surface area (Å²) in [7, 11) is 0. The summed E-state index contributed by atoms with van der Waals surface area (Å²) in [4.78, 5) is 11.7. The van der Waals surface area contributed by atoms with Gasteiger partial charge in [-0.25, -0.2) is 13.2 Å². The van der Waals surface area contributed by atoms with E-state index in [9.17, 15) is 18.0 Å². The predicted molar refractivity (Wildman–Crippen MR) is 65.7 cm³/mol. The molecule has 0 unspecified atom stereocenters. The standard InChI is InChI=1S/C13H7ClF3NO/c14-9-6-8(2-4-10(9)15)18-13(19)7-1-3-11(16)12(17)5-7/h1-6H,(H,18,19). The second-order valence-electron chi connectivity index (χ2n) is 3.71. The predicted octanol–water partition coefficient (Wildman–Crippen LogP) is 4.01. The summed E-state index contributed by atoms with van der Waals surface area (Å²) in [6, 6.07) is 6.37. The molecule has 98 valence electrons. The number of rotatable bonds is 2. The molecule has 0 bridgehead atoms. The Bertz CT molecular complexity index is 646. The smallest absolute Gasteiger partial charge is 0.255 e. The number of carbonyl (C=O) groups excluding carboxylic acids is 1. The minimum atomic E-state index is -1.12. The molecule has 0 radical (unpaired) electrons. The van der Waals surface area contributed by atoms with Crippen LogP contribution in [0.15, 0.2) is 36.4 Å². The molecule has 1 N–H and O–H groups in total. The van der Waals surface area contributed by atoms with Crippen LogP contribution in [0, 0.1) is 17.5 Å². The molecule has 2 aromatic rings. The molecule has 2 nitrogen and oxygen atoms in total. The average Bonchev–Trinajstić information content (AvgIpc) is 2.37. The summed E-state index contributed by atoms with van der Waals surface area (Å²) >= 11 is 5.55. The highest BCUT2D eigenvalue weighted by Gasteiger charge is 2.10. The van der Waals surface area contributed by atoms with Crippen LogP contribution in [0.2, 0.25) is 5.02 Å². The Labute approximate surface area is 111 Å². The summed E-state index contributed by atoms with van der Waals surface area (Å²) in [5.41, 5.74) is 0.195. The molecule has 1 amide bonds. The number of hydrogen-bond donors (Lipinski definition) is 1. The molecule has 6 heteroatoms. The zero-order valence-electron chi connectivity index (χ0n) is 9.38. The Hall–Kier alpha value is -2.01. The molecule has 0 aliphatic rings. The van der Waals surface area contributed by atoms with Gasteiger partial charge in [0.15, 0.2) is 11.6 Å². The largest absolute Gasteiger partial charge is 0.322 e. The van der Waals surface area contributed by atoms with Crippen molar-refractivity contribution >= 4 is 23.2 Å². The van der Waals surface area contributed by atoms with Crippen molar-refractivity contribution in [3.05, 3.63) is 64.4 Å². The first-order valence-corrected chi connectivity index (χ1v) is 5.56. The van der Waals surface area contributed by atoms with Crippen molar-refractivity contribution in [2.75, 3.05) is 5.32 Å². The number of anilines is 1. The number of amides is 1. The summed E-state index contributed by atoms with van der Waals surface area (Å²) in [5.74, 6) is -3.43. The van der Waals surface area contributed by atoms with Crippen molar-refractivity contribution in [2.45, 2.75) is 0 Å². The fraction of sp³-hybridized carbons (Fsp3) is 0. The third-order valence-corrected chi connectivity index (χ3v) is 2.65. The van der Waals surface area contributed by atoms with Crippen LogP contribution in [-0.4, -0.2) is 5.91 Å². The Balaban J connectivity index is 2.20. The van der Waals surface area contributed by atoms with Gasteiger partial charge in [-0.05, 0) is 36.4 Å². The Morgan fingerprint density at radius 3 is 2.26 bits per heavy atom. The molecule has 2 rings (SSSR count). The molecule has 0 saturated carbocycles. The summed E-state index contributed by atoms with van der Waals surface area (Å²) in [6.45, 7) is 0. The van der Waals surface area contributed by atoms with Gasteiger partial charge >= 0.3 is 0 Å². The fourth-order valence-electron chi connectivity index (χ4n) is 1.41. The average molecular weight is 286 g/mol. The highest BCUT2D eigenvalue weighted by Crippen LogP contribution is 2.20.